The van der Waals surface area contributed by atoms with Gasteiger partial charge in [-0.25, -0.2) is 0 Å². The van der Waals surface area contributed by atoms with Gasteiger partial charge in [0.25, 0.3) is 0 Å². The molecule has 1 aliphatic rings. The van der Waals surface area contributed by atoms with Gasteiger partial charge in [-0.3, -0.25) is 9.78 Å². The standard InChI is InChI=1S/C15H18N4O2/c1-11-17-15(18-21-11)13-5-3-9-19(13)14(20)7-6-12-4-2-8-16-10-12/h2,4,8,10,13H,3,5-7,9H2,1H3. The predicted molar refractivity (Wildman–Crippen MR) is 75.3 cm³/mol. The van der Waals surface area contributed by atoms with E-state index >= 15 is 0 Å². The van der Waals surface area contributed by atoms with E-state index in [0.29, 0.717) is 24.6 Å². The summed E-state index contributed by atoms with van der Waals surface area (Å²) in [6, 6.07) is 3.84. The Kier molecular flexibility index (Phi) is 3.94. The molecule has 2 aromatic rings. The first-order chi connectivity index (χ1) is 10.2. The maximum atomic E-state index is 12.4. The average molecular weight is 286 g/mol. The van der Waals surface area contributed by atoms with Gasteiger partial charge in [-0.05, 0) is 30.9 Å². The van der Waals surface area contributed by atoms with Gasteiger partial charge in [-0.1, -0.05) is 11.2 Å². The number of likely N-dealkylation sites (tertiary alicyclic amines) is 1. The summed E-state index contributed by atoms with van der Waals surface area (Å²) in [4.78, 5) is 22.6. The molecule has 1 atom stereocenters. The molecule has 21 heavy (non-hydrogen) atoms. The number of hydrogen-bond acceptors (Lipinski definition) is 5. The smallest absolute Gasteiger partial charge is 0.223 e. The van der Waals surface area contributed by atoms with Crippen LogP contribution in [0.3, 0.4) is 0 Å². The first-order valence-corrected chi connectivity index (χ1v) is 7.22. The zero-order chi connectivity index (χ0) is 14.7. The normalized spacial score (nSPS) is 18.1. The monoisotopic (exact) mass is 286 g/mol. The van der Waals surface area contributed by atoms with Crippen molar-refractivity contribution in [1.29, 1.82) is 0 Å². The van der Waals surface area contributed by atoms with Crippen LogP contribution >= 0.6 is 0 Å². The van der Waals surface area contributed by atoms with E-state index < -0.39 is 0 Å². The number of amides is 1. The number of carbonyl (C=O) groups excluding carboxylic acids is 1. The van der Waals surface area contributed by atoms with Crippen molar-refractivity contribution < 1.29 is 9.32 Å². The Morgan fingerprint density at radius 1 is 1.52 bits per heavy atom. The van der Waals surface area contributed by atoms with Crippen LogP contribution in [0.25, 0.3) is 0 Å². The summed E-state index contributed by atoms with van der Waals surface area (Å²) in [6.07, 6.45) is 6.62. The molecule has 0 aliphatic carbocycles. The number of rotatable bonds is 4. The number of carbonyl (C=O) groups is 1. The van der Waals surface area contributed by atoms with Gasteiger partial charge in [0.1, 0.15) is 0 Å². The number of aryl methyl sites for hydroxylation is 2. The van der Waals surface area contributed by atoms with Crippen molar-refractivity contribution in [3.8, 4) is 0 Å². The van der Waals surface area contributed by atoms with Gasteiger partial charge >= 0.3 is 0 Å². The summed E-state index contributed by atoms with van der Waals surface area (Å²) < 4.78 is 5.03. The highest BCUT2D eigenvalue weighted by Crippen LogP contribution is 2.30. The van der Waals surface area contributed by atoms with Gasteiger partial charge in [0.05, 0.1) is 6.04 Å². The maximum Gasteiger partial charge on any atom is 0.223 e. The van der Waals surface area contributed by atoms with E-state index in [1.165, 1.54) is 0 Å². The second-order valence-corrected chi connectivity index (χ2v) is 5.28. The zero-order valence-corrected chi connectivity index (χ0v) is 12.0. The molecule has 0 bridgehead atoms. The third-order valence-electron chi connectivity index (χ3n) is 3.76. The highest BCUT2D eigenvalue weighted by Gasteiger charge is 2.32. The summed E-state index contributed by atoms with van der Waals surface area (Å²) in [6.45, 7) is 2.53. The summed E-state index contributed by atoms with van der Waals surface area (Å²) in [7, 11) is 0. The van der Waals surface area contributed by atoms with Crippen molar-refractivity contribution in [2.45, 2.75) is 38.6 Å². The molecule has 0 radical (unpaired) electrons. The molecule has 110 valence electrons. The highest BCUT2D eigenvalue weighted by molar-refractivity contribution is 5.77. The van der Waals surface area contributed by atoms with Crippen molar-refractivity contribution in [1.82, 2.24) is 20.0 Å². The van der Waals surface area contributed by atoms with Gasteiger partial charge < -0.3 is 9.42 Å². The Balaban J connectivity index is 1.63. The molecule has 0 aromatic carbocycles. The molecule has 0 spiro atoms. The Bertz CT molecular complexity index is 611. The van der Waals surface area contributed by atoms with Crippen LogP contribution < -0.4 is 0 Å². The molecule has 6 heteroatoms. The maximum absolute atomic E-state index is 12.4. The van der Waals surface area contributed by atoms with E-state index in [-0.39, 0.29) is 11.9 Å². The van der Waals surface area contributed by atoms with E-state index in [9.17, 15) is 4.79 Å². The Hall–Kier alpha value is -2.24. The average Bonchev–Trinajstić information content (AvgIpc) is 3.14. The molecular formula is C15H18N4O2. The van der Waals surface area contributed by atoms with Gasteiger partial charge in [-0.15, -0.1) is 0 Å². The molecule has 1 aliphatic heterocycles. The number of nitrogens with zero attached hydrogens (tertiary/aromatic N) is 4. The lowest BCUT2D eigenvalue weighted by molar-refractivity contribution is -0.132. The number of pyridine rings is 1. The minimum atomic E-state index is -0.0381. The number of hydrogen-bond donors (Lipinski definition) is 0. The van der Waals surface area contributed by atoms with Gasteiger partial charge in [0, 0.05) is 32.3 Å². The minimum absolute atomic E-state index is 0.0381. The fraction of sp³-hybridized carbons (Fsp3) is 0.467. The van der Waals surface area contributed by atoms with E-state index in [4.69, 9.17) is 4.52 Å². The molecule has 3 heterocycles. The lowest BCUT2D eigenvalue weighted by Crippen LogP contribution is -2.31. The summed E-state index contributed by atoms with van der Waals surface area (Å²) >= 11 is 0. The van der Waals surface area contributed by atoms with Crippen molar-refractivity contribution in [3.63, 3.8) is 0 Å². The van der Waals surface area contributed by atoms with Gasteiger partial charge in [-0.2, -0.15) is 4.98 Å². The van der Waals surface area contributed by atoms with E-state index in [1.807, 2.05) is 17.0 Å². The summed E-state index contributed by atoms with van der Waals surface area (Å²) in [5, 5.41) is 3.96. The molecular weight excluding hydrogens is 268 g/mol. The highest BCUT2D eigenvalue weighted by atomic mass is 16.5. The van der Waals surface area contributed by atoms with Crippen LogP contribution in [-0.2, 0) is 11.2 Å². The molecule has 1 saturated heterocycles. The minimum Gasteiger partial charge on any atom is -0.340 e. The van der Waals surface area contributed by atoms with Crippen molar-refractivity contribution in [2.24, 2.45) is 0 Å². The first kappa shape index (κ1) is 13.7. The van der Waals surface area contributed by atoms with Crippen LogP contribution in [0.15, 0.2) is 29.0 Å². The molecule has 0 saturated carbocycles. The topological polar surface area (TPSA) is 72.1 Å². The van der Waals surface area contributed by atoms with Crippen LogP contribution in [0.2, 0.25) is 0 Å². The lowest BCUT2D eigenvalue weighted by atomic mass is 10.1. The van der Waals surface area contributed by atoms with Crippen LogP contribution in [0.1, 0.15) is 42.6 Å². The molecule has 6 nitrogen and oxygen atoms in total. The summed E-state index contributed by atoms with van der Waals surface area (Å²) in [5.41, 5.74) is 1.08. The third kappa shape index (κ3) is 3.09. The van der Waals surface area contributed by atoms with Crippen LogP contribution in [0, 0.1) is 6.92 Å². The molecule has 1 amide bonds. The van der Waals surface area contributed by atoms with Gasteiger partial charge in [0.2, 0.25) is 11.8 Å². The second-order valence-electron chi connectivity index (χ2n) is 5.28. The predicted octanol–water partition coefficient (Wildman–Crippen LogP) is 2.07. The van der Waals surface area contributed by atoms with E-state index in [1.54, 1.807) is 19.3 Å². The molecule has 3 rings (SSSR count). The van der Waals surface area contributed by atoms with Crippen LogP contribution in [0.5, 0.6) is 0 Å². The number of aromatic nitrogens is 3. The Labute approximate surface area is 123 Å². The fourth-order valence-electron chi connectivity index (χ4n) is 2.72. The van der Waals surface area contributed by atoms with Crippen molar-refractivity contribution in [2.75, 3.05) is 6.54 Å². The lowest BCUT2D eigenvalue weighted by Gasteiger charge is -2.22. The molecule has 2 aromatic heterocycles. The molecule has 1 unspecified atom stereocenters. The Morgan fingerprint density at radius 3 is 3.14 bits per heavy atom. The van der Waals surface area contributed by atoms with Crippen LogP contribution in [-0.4, -0.2) is 32.5 Å². The van der Waals surface area contributed by atoms with E-state index in [0.717, 1.165) is 24.9 Å². The fourth-order valence-corrected chi connectivity index (χ4v) is 2.72. The van der Waals surface area contributed by atoms with Crippen molar-refractivity contribution >= 4 is 5.91 Å². The van der Waals surface area contributed by atoms with Gasteiger partial charge in [0.15, 0.2) is 5.82 Å². The molecule has 1 fully saturated rings. The second kappa shape index (κ2) is 6.03. The SMILES string of the molecule is Cc1nc(C2CCCN2C(=O)CCc2cccnc2)no1. The largest absolute Gasteiger partial charge is 0.340 e. The Morgan fingerprint density at radius 2 is 2.43 bits per heavy atom. The first-order valence-electron chi connectivity index (χ1n) is 7.22. The quantitative estimate of drug-likeness (QED) is 0.860. The zero-order valence-electron chi connectivity index (χ0n) is 12.0. The third-order valence-corrected chi connectivity index (χ3v) is 3.76. The van der Waals surface area contributed by atoms with Crippen LogP contribution in [0.4, 0.5) is 0 Å². The van der Waals surface area contributed by atoms with E-state index in [2.05, 4.69) is 15.1 Å². The summed E-state index contributed by atoms with van der Waals surface area (Å²) in [5.74, 6) is 1.31. The van der Waals surface area contributed by atoms with Crippen molar-refractivity contribution in [3.05, 3.63) is 41.8 Å². The molecule has 0 N–H and O–H groups in total.